The van der Waals surface area contributed by atoms with Gasteiger partial charge in [-0.05, 0) is 49.2 Å². The molecular formula is C33H24Cl2N2O2. The number of halogens is 2. The van der Waals surface area contributed by atoms with Gasteiger partial charge in [0.15, 0.2) is 0 Å². The van der Waals surface area contributed by atoms with Crippen LogP contribution >= 0.6 is 23.2 Å². The highest BCUT2D eigenvalue weighted by Crippen LogP contribution is 2.42. The highest BCUT2D eigenvalue weighted by molar-refractivity contribution is 6.35. The second-order valence-corrected chi connectivity index (χ2v) is 10.0. The van der Waals surface area contributed by atoms with Gasteiger partial charge in [0.05, 0.1) is 0 Å². The lowest BCUT2D eigenvalue weighted by Crippen LogP contribution is -1.96. The molecule has 0 unspecified atom stereocenters. The van der Waals surface area contributed by atoms with Crippen LogP contribution in [0.1, 0.15) is 27.8 Å². The van der Waals surface area contributed by atoms with E-state index in [4.69, 9.17) is 32.4 Å². The predicted octanol–water partition coefficient (Wildman–Crippen LogP) is 9.74. The minimum Gasteiger partial charge on any atom is -0.489 e. The van der Waals surface area contributed by atoms with Gasteiger partial charge in [0.25, 0.3) is 0 Å². The van der Waals surface area contributed by atoms with Gasteiger partial charge in [0.2, 0.25) is 5.88 Å². The number of hydrogen-bond donors (Lipinski definition) is 0. The molecule has 0 aliphatic rings. The van der Waals surface area contributed by atoms with Crippen molar-refractivity contribution >= 4 is 35.3 Å². The topological polar surface area (TPSA) is 58.5 Å². The largest absolute Gasteiger partial charge is 0.489 e. The maximum atomic E-state index is 10.2. The molecule has 1 aromatic heterocycles. The first kappa shape index (κ1) is 26.3. The fourth-order valence-electron chi connectivity index (χ4n) is 4.14. The molecule has 5 aromatic rings. The lowest BCUT2D eigenvalue weighted by molar-refractivity contribution is 0.306. The van der Waals surface area contributed by atoms with E-state index in [0.29, 0.717) is 33.7 Å². The fourth-order valence-corrected chi connectivity index (χ4v) is 4.60. The van der Waals surface area contributed by atoms with Crippen molar-refractivity contribution in [1.82, 2.24) is 0 Å². The third-order valence-corrected chi connectivity index (χ3v) is 6.84. The van der Waals surface area contributed by atoms with Crippen LogP contribution in [0.2, 0.25) is 10.0 Å². The smallest absolute Gasteiger partial charge is 0.238 e. The first-order valence-corrected chi connectivity index (χ1v) is 13.1. The molecule has 0 amide bonds. The van der Waals surface area contributed by atoms with Crippen LogP contribution < -0.4 is 4.74 Å². The molecule has 1 heterocycles. The summed E-state index contributed by atoms with van der Waals surface area (Å²) >= 11 is 12.3. The second-order valence-electron chi connectivity index (χ2n) is 9.19. The number of benzene rings is 4. The number of aryl methyl sites for hydroxylation is 2. The highest BCUT2D eigenvalue weighted by Gasteiger charge is 2.22. The van der Waals surface area contributed by atoms with E-state index in [0.717, 1.165) is 38.9 Å². The Labute approximate surface area is 237 Å². The molecule has 39 heavy (non-hydrogen) atoms. The first-order chi connectivity index (χ1) is 18.9. The van der Waals surface area contributed by atoms with Gasteiger partial charge in [0, 0.05) is 33.0 Å². The van der Waals surface area contributed by atoms with Gasteiger partial charge in [-0.25, -0.2) is 4.99 Å². The third-order valence-electron chi connectivity index (χ3n) is 6.25. The zero-order valence-electron chi connectivity index (χ0n) is 21.4. The van der Waals surface area contributed by atoms with Gasteiger partial charge in [-0.3, -0.25) is 0 Å². The molecular weight excluding hydrogens is 527 g/mol. The van der Waals surface area contributed by atoms with Crippen LogP contribution in [0.5, 0.6) is 5.75 Å². The van der Waals surface area contributed by atoms with E-state index >= 15 is 0 Å². The SMILES string of the molecule is Cc1ccc(-c2oc(N=Cc3cccc(OCc4ccc(Cl)cc4Cl)c3)c(C#N)c2-c2ccc(C)cc2)cc1. The van der Waals surface area contributed by atoms with Crippen LogP contribution in [0.25, 0.3) is 22.5 Å². The Morgan fingerprint density at radius 3 is 2.23 bits per heavy atom. The molecule has 0 atom stereocenters. The van der Waals surface area contributed by atoms with Crippen molar-refractivity contribution in [2.75, 3.05) is 0 Å². The molecule has 192 valence electrons. The highest BCUT2D eigenvalue weighted by atomic mass is 35.5. The summed E-state index contributed by atoms with van der Waals surface area (Å²) in [6, 6.07) is 31.2. The summed E-state index contributed by atoms with van der Waals surface area (Å²) in [5.74, 6) is 1.52. The van der Waals surface area contributed by atoms with Crippen molar-refractivity contribution in [3.05, 3.63) is 129 Å². The van der Waals surface area contributed by atoms with E-state index in [2.05, 4.69) is 11.1 Å². The summed E-state index contributed by atoms with van der Waals surface area (Å²) in [5, 5.41) is 11.3. The van der Waals surface area contributed by atoms with Gasteiger partial charge in [-0.2, -0.15) is 5.26 Å². The number of hydrogen-bond acceptors (Lipinski definition) is 4. The van der Waals surface area contributed by atoms with E-state index in [-0.39, 0.29) is 5.88 Å². The molecule has 0 aliphatic heterocycles. The zero-order valence-corrected chi connectivity index (χ0v) is 22.9. The Balaban J connectivity index is 1.47. The summed E-state index contributed by atoms with van der Waals surface area (Å²) in [6.07, 6.45) is 1.67. The second kappa shape index (κ2) is 11.6. The molecule has 0 saturated carbocycles. The molecule has 4 aromatic carbocycles. The number of rotatable bonds is 7. The maximum absolute atomic E-state index is 10.2. The monoisotopic (exact) mass is 550 g/mol. The van der Waals surface area contributed by atoms with Crippen molar-refractivity contribution in [2.45, 2.75) is 20.5 Å². The summed E-state index contributed by atoms with van der Waals surface area (Å²) < 4.78 is 12.2. The molecule has 0 saturated heterocycles. The number of ether oxygens (including phenoxy) is 1. The van der Waals surface area contributed by atoms with Crippen LogP contribution in [-0.4, -0.2) is 6.21 Å². The van der Waals surface area contributed by atoms with Gasteiger partial charge >= 0.3 is 0 Å². The molecule has 6 heteroatoms. The van der Waals surface area contributed by atoms with Crippen LogP contribution in [0.3, 0.4) is 0 Å². The van der Waals surface area contributed by atoms with Crippen molar-refractivity contribution in [2.24, 2.45) is 4.99 Å². The van der Waals surface area contributed by atoms with E-state index in [1.54, 1.807) is 18.3 Å². The molecule has 0 spiro atoms. The third kappa shape index (κ3) is 6.07. The fraction of sp³-hybridized carbons (Fsp3) is 0.0909. The normalized spacial score (nSPS) is 11.1. The number of furan rings is 1. The quantitative estimate of drug-likeness (QED) is 0.189. The van der Waals surface area contributed by atoms with E-state index in [9.17, 15) is 5.26 Å². The number of nitrogens with zero attached hydrogens (tertiary/aromatic N) is 2. The molecule has 0 bridgehead atoms. The molecule has 0 radical (unpaired) electrons. The van der Waals surface area contributed by atoms with Crippen molar-refractivity contribution in [3.63, 3.8) is 0 Å². The maximum Gasteiger partial charge on any atom is 0.238 e. The van der Waals surface area contributed by atoms with E-state index in [1.807, 2.05) is 92.7 Å². The van der Waals surface area contributed by atoms with Crippen molar-refractivity contribution in [1.29, 1.82) is 5.26 Å². The predicted molar refractivity (Wildman–Crippen MR) is 158 cm³/mol. The van der Waals surface area contributed by atoms with Gasteiger partial charge in [-0.1, -0.05) is 101 Å². The Kier molecular flexibility index (Phi) is 7.84. The van der Waals surface area contributed by atoms with Crippen molar-refractivity contribution < 1.29 is 9.15 Å². The van der Waals surface area contributed by atoms with E-state index in [1.165, 1.54) is 0 Å². The summed E-state index contributed by atoms with van der Waals surface area (Å²) in [7, 11) is 0. The van der Waals surface area contributed by atoms with E-state index < -0.39 is 0 Å². The first-order valence-electron chi connectivity index (χ1n) is 12.3. The Morgan fingerprint density at radius 1 is 0.872 bits per heavy atom. The molecule has 0 fully saturated rings. The van der Waals surface area contributed by atoms with Gasteiger partial charge in [0.1, 0.15) is 29.7 Å². The Morgan fingerprint density at radius 2 is 1.56 bits per heavy atom. The number of nitriles is 1. The minimum absolute atomic E-state index is 0.253. The lowest BCUT2D eigenvalue weighted by Gasteiger charge is -2.08. The summed E-state index contributed by atoms with van der Waals surface area (Å²) in [4.78, 5) is 4.59. The summed E-state index contributed by atoms with van der Waals surface area (Å²) in [5.41, 5.74) is 6.79. The zero-order chi connectivity index (χ0) is 27.4. The lowest BCUT2D eigenvalue weighted by atomic mass is 9.97. The average Bonchev–Trinajstić information content (AvgIpc) is 3.31. The van der Waals surface area contributed by atoms with Crippen LogP contribution in [0, 0.1) is 25.2 Å². The minimum atomic E-state index is 0.253. The summed E-state index contributed by atoms with van der Waals surface area (Å²) in [6.45, 7) is 4.36. The molecule has 4 nitrogen and oxygen atoms in total. The number of aliphatic imine (C=N–C) groups is 1. The van der Waals surface area contributed by atoms with Crippen molar-refractivity contribution in [3.8, 4) is 34.3 Å². The van der Waals surface area contributed by atoms with Crippen LogP contribution in [-0.2, 0) is 6.61 Å². The molecule has 5 rings (SSSR count). The van der Waals surface area contributed by atoms with Gasteiger partial charge in [-0.15, -0.1) is 0 Å². The van der Waals surface area contributed by atoms with Gasteiger partial charge < -0.3 is 9.15 Å². The molecule has 0 N–H and O–H groups in total. The van der Waals surface area contributed by atoms with Crippen LogP contribution in [0.15, 0.2) is 100 Å². The average molecular weight is 551 g/mol. The Bertz CT molecular complexity index is 1700. The van der Waals surface area contributed by atoms with Crippen LogP contribution in [0.4, 0.5) is 5.88 Å². The Hall–Kier alpha value is -4.30. The standard InChI is InChI=1S/C33H24Cl2N2O2/c1-21-6-10-24(11-7-21)31-29(18-36)33(39-32(31)25-12-8-22(2)9-13-25)37-19-23-4-3-5-28(16-23)38-20-26-14-15-27(34)17-30(26)35/h3-17,19H,20H2,1-2H3. The molecule has 0 aliphatic carbocycles.